The van der Waals surface area contributed by atoms with Crippen LogP contribution >= 0.6 is 0 Å². The molecule has 0 aliphatic heterocycles. The summed E-state index contributed by atoms with van der Waals surface area (Å²) < 4.78 is 29.4. The van der Waals surface area contributed by atoms with Crippen LogP contribution in [0.25, 0.3) is 5.69 Å². The van der Waals surface area contributed by atoms with Gasteiger partial charge in [0.15, 0.2) is 0 Å². The van der Waals surface area contributed by atoms with Gasteiger partial charge in [0.2, 0.25) is 10.0 Å². The van der Waals surface area contributed by atoms with Crippen LogP contribution in [-0.4, -0.2) is 19.5 Å². The summed E-state index contributed by atoms with van der Waals surface area (Å²) in [6, 6.07) is 21.6. The zero-order valence-electron chi connectivity index (χ0n) is 15.1. The number of rotatable bonds is 7. The van der Waals surface area contributed by atoms with Gasteiger partial charge in [0.1, 0.15) is 0 Å². The molecule has 1 heterocycles. The summed E-state index contributed by atoms with van der Waals surface area (Å²) in [6.07, 6.45) is 0.667. The summed E-state index contributed by atoms with van der Waals surface area (Å²) in [7, 11) is -3.33. The summed E-state index contributed by atoms with van der Waals surface area (Å²) in [5.41, 5.74) is 5.38. The van der Waals surface area contributed by atoms with E-state index in [0.717, 1.165) is 28.2 Å². The molecule has 0 aliphatic carbocycles. The molecule has 0 fully saturated rings. The van der Waals surface area contributed by atoms with Gasteiger partial charge < -0.3 is 4.57 Å². The first-order chi connectivity index (χ1) is 12.5. The van der Waals surface area contributed by atoms with Crippen LogP contribution in [0.5, 0.6) is 0 Å². The zero-order valence-corrected chi connectivity index (χ0v) is 16.0. The molecule has 3 aromatic rings. The molecule has 1 N–H and O–H groups in total. The molecular formula is C21H24N2O2S. The predicted molar refractivity (Wildman–Crippen MR) is 106 cm³/mol. The lowest BCUT2D eigenvalue weighted by Crippen LogP contribution is -2.27. The largest absolute Gasteiger partial charge is 0.318 e. The van der Waals surface area contributed by atoms with Gasteiger partial charge in [-0.05, 0) is 49.6 Å². The Hall–Kier alpha value is -2.37. The second-order valence-corrected chi connectivity index (χ2v) is 8.26. The van der Waals surface area contributed by atoms with E-state index in [-0.39, 0.29) is 5.75 Å². The number of nitrogens with one attached hydrogen (secondary N) is 1. The third-order valence-electron chi connectivity index (χ3n) is 4.47. The maximum Gasteiger partial charge on any atom is 0.215 e. The molecule has 0 radical (unpaired) electrons. The van der Waals surface area contributed by atoms with Gasteiger partial charge in [0.25, 0.3) is 0 Å². The molecule has 0 amide bonds. The van der Waals surface area contributed by atoms with Gasteiger partial charge in [-0.1, -0.05) is 48.5 Å². The van der Waals surface area contributed by atoms with Crippen LogP contribution in [0.15, 0.2) is 66.7 Å². The van der Waals surface area contributed by atoms with Gasteiger partial charge in [-0.25, -0.2) is 13.1 Å². The van der Waals surface area contributed by atoms with Gasteiger partial charge >= 0.3 is 0 Å². The molecule has 0 spiro atoms. The van der Waals surface area contributed by atoms with Crippen molar-refractivity contribution in [3.8, 4) is 5.69 Å². The molecule has 0 unspecified atom stereocenters. The fourth-order valence-electron chi connectivity index (χ4n) is 3.24. The molecule has 0 bridgehead atoms. The van der Waals surface area contributed by atoms with E-state index in [1.807, 2.05) is 48.5 Å². The summed E-state index contributed by atoms with van der Waals surface area (Å²) in [4.78, 5) is 0. The van der Waals surface area contributed by atoms with Crippen LogP contribution in [0.3, 0.4) is 0 Å². The van der Waals surface area contributed by atoms with Crippen molar-refractivity contribution in [2.45, 2.75) is 26.0 Å². The smallest absolute Gasteiger partial charge is 0.215 e. The Labute approximate surface area is 155 Å². The summed E-state index contributed by atoms with van der Waals surface area (Å²) in [5.74, 6) is 0.0108. The van der Waals surface area contributed by atoms with Crippen molar-refractivity contribution in [1.29, 1.82) is 0 Å². The Balaban J connectivity index is 1.65. The van der Waals surface area contributed by atoms with Crippen molar-refractivity contribution in [3.63, 3.8) is 0 Å². The number of hydrogen-bond donors (Lipinski definition) is 1. The summed E-state index contributed by atoms with van der Waals surface area (Å²) in [6.45, 7) is 4.55. The van der Waals surface area contributed by atoms with Crippen molar-refractivity contribution in [1.82, 2.24) is 9.29 Å². The quantitative estimate of drug-likeness (QED) is 0.690. The van der Waals surface area contributed by atoms with E-state index in [4.69, 9.17) is 0 Å². The minimum absolute atomic E-state index is 0.0108. The van der Waals surface area contributed by atoms with Crippen molar-refractivity contribution in [2.75, 3.05) is 6.54 Å². The summed E-state index contributed by atoms with van der Waals surface area (Å²) >= 11 is 0. The lowest BCUT2D eigenvalue weighted by Gasteiger charge is -2.10. The zero-order chi connectivity index (χ0) is 18.6. The number of sulfonamides is 1. The lowest BCUT2D eigenvalue weighted by molar-refractivity contribution is 0.580. The van der Waals surface area contributed by atoms with Crippen molar-refractivity contribution in [3.05, 3.63) is 89.2 Å². The molecule has 1 aromatic heterocycles. The highest BCUT2D eigenvalue weighted by molar-refractivity contribution is 7.88. The number of aryl methyl sites for hydroxylation is 1. The molecule has 3 rings (SSSR count). The third kappa shape index (κ3) is 4.42. The van der Waals surface area contributed by atoms with Crippen LogP contribution in [0.4, 0.5) is 0 Å². The number of benzene rings is 2. The van der Waals surface area contributed by atoms with Crippen LogP contribution in [0, 0.1) is 13.8 Å². The first-order valence-electron chi connectivity index (χ1n) is 8.71. The average Bonchev–Trinajstić information content (AvgIpc) is 2.90. The molecule has 4 nitrogen and oxygen atoms in total. The van der Waals surface area contributed by atoms with E-state index in [9.17, 15) is 8.42 Å². The minimum atomic E-state index is -3.33. The molecule has 136 valence electrons. The molecule has 26 heavy (non-hydrogen) atoms. The standard InChI is InChI=1S/C21H24N2O2S/c1-17-15-20(18(2)23(17)21-11-7-4-8-12-21)13-14-22-26(24,25)16-19-9-5-3-6-10-19/h3-12,15,22H,13-14,16H2,1-2H3. The Morgan fingerprint density at radius 2 is 1.54 bits per heavy atom. The highest BCUT2D eigenvalue weighted by Crippen LogP contribution is 2.21. The number of hydrogen-bond acceptors (Lipinski definition) is 2. The normalized spacial score (nSPS) is 11.6. The van der Waals surface area contributed by atoms with Gasteiger partial charge in [-0.15, -0.1) is 0 Å². The van der Waals surface area contributed by atoms with Crippen LogP contribution in [-0.2, 0) is 22.2 Å². The first kappa shape index (κ1) is 18.4. The lowest BCUT2D eigenvalue weighted by atomic mass is 10.2. The van der Waals surface area contributed by atoms with Crippen molar-refractivity contribution in [2.24, 2.45) is 0 Å². The SMILES string of the molecule is Cc1cc(CCNS(=O)(=O)Cc2ccccc2)c(C)n1-c1ccccc1. The molecule has 0 aliphatic rings. The van der Waals surface area contributed by atoms with Gasteiger partial charge in [-0.3, -0.25) is 0 Å². The molecule has 0 saturated heterocycles. The Morgan fingerprint density at radius 3 is 2.19 bits per heavy atom. The molecule has 0 saturated carbocycles. The van der Waals surface area contributed by atoms with Gasteiger partial charge in [0.05, 0.1) is 5.75 Å². The van der Waals surface area contributed by atoms with Crippen LogP contribution in [0.2, 0.25) is 0 Å². The fourth-order valence-corrected chi connectivity index (χ4v) is 4.39. The molecule has 2 aromatic carbocycles. The molecule has 5 heteroatoms. The van der Waals surface area contributed by atoms with E-state index < -0.39 is 10.0 Å². The number of aromatic nitrogens is 1. The monoisotopic (exact) mass is 368 g/mol. The maximum absolute atomic E-state index is 12.3. The summed E-state index contributed by atoms with van der Waals surface area (Å²) in [5, 5.41) is 0. The number of para-hydroxylation sites is 1. The average molecular weight is 369 g/mol. The molecular weight excluding hydrogens is 344 g/mol. The van der Waals surface area contributed by atoms with E-state index in [0.29, 0.717) is 13.0 Å². The second-order valence-electron chi connectivity index (χ2n) is 6.46. The van der Waals surface area contributed by atoms with Crippen molar-refractivity contribution < 1.29 is 8.42 Å². The highest BCUT2D eigenvalue weighted by atomic mass is 32.2. The Bertz CT molecular complexity index is 962. The van der Waals surface area contributed by atoms with E-state index in [2.05, 4.69) is 41.3 Å². The minimum Gasteiger partial charge on any atom is -0.318 e. The van der Waals surface area contributed by atoms with E-state index in [1.165, 1.54) is 0 Å². The maximum atomic E-state index is 12.3. The van der Waals surface area contributed by atoms with E-state index >= 15 is 0 Å². The van der Waals surface area contributed by atoms with Crippen LogP contribution in [0.1, 0.15) is 22.5 Å². The Kier molecular flexibility index (Phi) is 5.59. The topological polar surface area (TPSA) is 51.1 Å². The van der Waals surface area contributed by atoms with Gasteiger partial charge in [-0.2, -0.15) is 0 Å². The number of nitrogens with zero attached hydrogens (tertiary/aromatic N) is 1. The van der Waals surface area contributed by atoms with Crippen LogP contribution < -0.4 is 4.72 Å². The first-order valence-corrected chi connectivity index (χ1v) is 10.4. The van der Waals surface area contributed by atoms with E-state index in [1.54, 1.807) is 0 Å². The molecule has 0 atom stereocenters. The van der Waals surface area contributed by atoms with Crippen molar-refractivity contribution >= 4 is 10.0 Å². The predicted octanol–water partition coefficient (Wildman–Crippen LogP) is 3.76. The van der Waals surface area contributed by atoms with Gasteiger partial charge in [0, 0.05) is 23.6 Å². The Morgan fingerprint density at radius 1 is 0.923 bits per heavy atom. The fraction of sp³-hybridized carbons (Fsp3) is 0.238. The third-order valence-corrected chi connectivity index (χ3v) is 5.82. The second kappa shape index (κ2) is 7.89. The highest BCUT2D eigenvalue weighted by Gasteiger charge is 2.13.